The van der Waals surface area contributed by atoms with Gasteiger partial charge in [-0.1, -0.05) is 13.8 Å². The van der Waals surface area contributed by atoms with Crippen molar-refractivity contribution in [1.82, 2.24) is 15.1 Å². The van der Waals surface area contributed by atoms with E-state index in [1.54, 1.807) is 0 Å². The Hall–Kier alpha value is -1.36. The molecule has 1 fully saturated rings. The molecule has 94 valence electrons. The molecule has 1 saturated heterocycles. The second-order valence-electron chi connectivity index (χ2n) is 5.00. The van der Waals surface area contributed by atoms with E-state index in [0.29, 0.717) is 24.1 Å². The zero-order valence-electron chi connectivity index (χ0n) is 10.4. The summed E-state index contributed by atoms with van der Waals surface area (Å²) >= 11 is 0. The lowest BCUT2D eigenvalue weighted by molar-refractivity contribution is 0.0782. The predicted molar refractivity (Wildman–Crippen MR) is 65.7 cm³/mol. The highest BCUT2D eigenvalue weighted by Crippen LogP contribution is 2.18. The third-order valence-corrected chi connectivity index (χ3v) is 3.35. The summed E-state index contributed by atoms with van der Waals surface area (Å²) in [5.41, 5.74) is 7.14. The van der Waals surface area contributed by atoms with E-state index in [1.807, 2.05) is 11.0 Å². The number of aromatic nitrogens is 2. The Kier molecular flexibility index (Phi) is 3.47. The second kappa shape index (κ2) is 4.87. The van der Waals surface area contributed by atoms with Crippen LogP contribution in [0.3, 0.4) is 0 Å². The van der Waals surface area contributed by atoms with Crippen LogP contribution < -0.4 is 5.73 Å². The average Bonchev–Trinajstić information content (AvgIpc) is 2.97. The summed E-state index contributed by atoms with van der Waals surface area (Å²) in [5.74, 6) is 0.825. The molecule has 1 aromatic rings. The average molecular weight is 236 g/mol. The van der Waals surface area contributed by atoms with Gasteiger partial charge in [0.1, 0.15) is 5.69 Å². The molecule has 1 amide bonds. The number of H-pyrrole nitrogens is 1. The van der Waals surface area contributed by atoms with Crippen LogP contribution in [0.2, 0.25) is 0 Å². The molecule has 17 heavy (non-hydrogen) atoms. The molecule has 1 aromatic heterocycles. The van der Waals surface area contributed by atoms with E-state index >= 15 is 0 Å². The molecule has 5 nitrogen and oxygen atoms in total. The van der Waals surface area contributed by atoms with Crippen LogP contribution in [-0.2, 0) is 0 Å². The van der Waals surface area contributed by atoms with Gasteiger partial charge < -0.3 is 10.6 Å². The van der Waals surface area contributed by atoms with Crippen LogP contribution in [0, 0.1) is 5.92 Å². The predicted octanol–water partition coefficient (Wildman–Crippen LogP) is 0.954. The van der Waals surface area contributed by atoms with Crippen LogP contribution in [0.5, 0.6) is 0 Å². The highest BCUT2D eigenvalue weighted by molar-refractivity contribution is 5.92. The van der Waals surface area contributed by atoms with E-state index in [4.69, 9.17) is 5.73 Å². The fourth-order valence-corrected chi connectivity index (χ4v) is 2.11. The van der Waals surface area contributed by atoms with E-state index in [2.05, 4.69) is 24.0 Å². The Labute approximate surface area is 101 Å². The van der Waals surface area contributed by atoms with Crippen molar-refractivity contribution in [2.75, 3.05) is 19.6 Å². The van der Waals surface area contributed by atoms with Crippen LogP contribution in [0.1, 0.15) is 42.4 Å². The van der Waals surface area contributed by atoms with Crippen molar-refractivity contribution in [2.24, 2.45) is 11.7 Å². The quantitative estimate of drug-likeness (QED) is 0.820. The third kappa shape index (κ3) is 2.49. The lowest BCUT2D eigenvalue weighted by Crippen LogP contribution is -2.30. The van der Waals surface area contributed by atoms with E-state index in [0.717, 1.165) is 25.2 Å². The molecule has 0 aliphatic carbocycles. The molecule has 2 heterocycles. The Balaban J connectivity index is 2.04. The van der Waals surface area contributed by atoms with Crippen molar-refractivity contribution in [3.8, 4) is 0 Å². The first-order valence-electron chi connectivity index (χ1n) is 6.16. The Morgan fingerprint density at radius 1 is 1.71 bits per heavy atom. The molecule has 3 N–H and O–H groups in total. The number of nitrogens with zero attached hydrogens (tertiary/aromatic N) is 2. The summed E-state index contributed by atoms with van der Waals surface area (Å²) in [4.78, 5) is 14.0. The van der Waals surface area contributed by atoms with E-state index in [9.17, 15) is 4.79 Å². The first kappa shape index (κ1) is 12.1. The lowest BCUT2D eigenvalue weighted by atomic mass is 10.1. The van der Waals surface area contributed by atoms with Gasteiger partial charge in [-0.3, -0.25) is 9.89 Å². The molecule has 0 saturated carbocycles. The van der Waals surface area contributed by atoms with Crippen LogP contribution in [0.4, 0.5) is 0 Å². The number of hydrogen-bond donors (Lipinski definition) is 2. The Morgan fingerprint density at radius 2 is 2.47 bits per heavy atom. The molecule has 1 aliphatic heterocycles. The van der Waals surface area contributed by atoms with Crippen molar-refractivity contribution in [3.63, 3.8) is 0 Å². The minimum Gasteiger partial charge on any atom is -0.337 e. The second-order valence-corrected chi connectivity index (χ2v) is 5.00. The van der Waals surface area contributed by atoms with Gasteiger partial charge in [-0.05, 0) is 30.9 Å². The van der Waals surface area contributed by atoms with Crippen molar-refractivity contribution >= 4 is 5.91 Å². The highest BCUT2D eigenvalue weighted by Gasteiger charge is 2.27. The normalized spacial score (nSPS) is 20.2. The number of likely N-dealkylation sites (tertiary alicyclic amines) is 1. The summed E-state index contributed by atoms with van der Waals surface area (Å²) in [6.45, 7) is 6.36. The van der Waals surface area contributed by atoms with Gasteiger partial charge in [0.05, 0.1) is 0 Å². The number of nitrogens with one attached hydrogen (secondary N) is 1. The highest BCUT2D eigenvalue weighted by atomic mass is 16.2. The molecular formula is C12H20N4O. The van der Waals surface area contributed by atoms with Gasteiger partial charge in [0.2, 0.25) is 0 Å². The summed E-state index contributed by atoms with van der Waals surface area (Å²) in [7, 11) is 0. The molecule has 0 spiro atoms. The molecule has 0 radical (unpaired) electrons. The van der Waals surface area contributed by atoms with Crippen LogP contribution >= 0.6 is 0 Å². The fourth-order valence-electron chi connectivity index (χ4n) is 2.11. The topological polar surface area (TPSA) is 75.0 Å². The Morgan fingerprint density at radius 3 is 3.00 bits per heavy atom. The lowest BCUT2D eigenvalue weighted by Gasteiger charge is -2.14. The Bertz CT molecular complexity index is 399. The minimum atomic E-state index is 0.0177. The van der Waals surface area contributed by atoms with E-state index < -0.39 is 0 Å². The molecular weight excluding hydrogens is 216 g/mol. The van der Waals surface area contributed by atoms with Crippen molar-refractivity contribution in [2.45, 2.75) is 26.2 Å². The summed E-state index contributed by atoms with van der Waals surface area (Å²) in [5, 5.41) is 7.00. The number of carbonyl (C=O) groups is 1. The van der Waals surface area contributed by atoms with Gasteiger partial charge in [-0.15, -0.1) is 0 Å². The van der Waals surface area contributed by atoms with Crippen LogP contribution in [-0.4, -0.2) is 40.6 Å². The smallest absolute Gasteiger partial charge is 0.274 e. The molecule has 2 rings (SSSR count). The van der Waals surface area contributed by atoms with Crippen LogP contribution in [0.15, 0.2) is 6.07 Å². The van der Waals surface area contributed by atoms with Crippen molar-refractivity contribution in [1.29, 1.82) is 0 Å². The summed E-state index contributed by atoms with van der Waals surface area (Å²) in [6, 6.07) is 1.85. The molecule has 1 unspecified atom stereocenters. The number of nitrogens with two attached hydrogens (primary N) is 1. The van der Waals surface area contributed by atoms with Gasteiger partial charge in [0.15, 0.2) is 0 Å². The van der Waals surface area contributed by atoms with Gasteiger partial charge in [0.25, 0.3) is 5.91 Å². The summed E-state index contributed by atoms with van der Waals surface area (Å²) in [6.07, 6.45) is 1.00. The monoisotopic (exact) mass is 236 g/mol. The fraction of sp³-hybridized carbons (Fsp3) is 0.667. The van der Waals surface area contributed by atoms with Crippen LogP contribution in [0.25, 0.3) is 0 Å². The maximum atomic E-state index is 12.1. The molecule has 0 aromatic carbocycles. The van der Waals surface area contributed by atoms with Gasteiger partial charge in [0, 0.05) is 18.8 Å². The first-order chi connectivity index (χ1) is 8.11. The largest absolute Gasteiger partial charge is 0.337 e. The zero-order valence-corrected chi connectivity index (χ0v) is 10.4. The number of carbonyl (C=O) groups excluding carboxylic acids is 1. The van der Waals surface area contributed by atoms with E-state index in [1.165, 1.54) is 0 Å². The number of hydrogen-bond acceptors (Lipinski definition) is 3. The maximum Gasteiger partial charge on any atom is 0.274 e. The first-order valence-corrected chi connectivity index (χ1v) is 6.16. The van der Waals surface area contributed by atoms with Crippen molar-refractivity contribution < 1.29 is 4.79 Å². The molecule has 5 heteroatoms. The van der Waals surface area contributed by atoms with E-state index in [-0.39, 0.29) is 5.91 Å². The number of aromatic amines is 1. The van der Waals surface area contributed by atoms with Gasteiger partial charge >= 0.3 is 0 Å². The SMILES string of the molecule is CC(C)c1cc(C(=O)N2CCC(CN)C2)n[nH]1. The summed E-state index contributed by atoms with van der Waals surface area (Å²) < 4.78 is 0. The zero-order chi connectivity index (χ0) is 12.4. The maximum absolute atomic E-state index is 12.1. The van der Waals surface area contributed by atoms with Crippen molar-refractivity contribution in [3.05, 3.63) is 17.5 Å². The number of rotatable bonds is 3. The van der Waals surface area contributed by atoms with Gasteiger partial charge in [-0.2, -0.15) is 5.10 Å². The molecule has 1 atom stereocenters. The molecule has 1 aliphatic rings. The molecule has 0 bridgehead atoms. The number of amides is 1. The third-order valence-electron chi connectivity index (χ3n) is 3.35. The van der Waals surface area contributed by atoms with Gasteiger partial charge in [-0.25, -0.2) is 0 Å². The standard InChI is InChI=1S/C12H20N4O/c1-8(2)10-5-11(15-14-10)12(17)16-4-3-9(6-13)7-16/h5,8-9H,3-4,6-7,13H2,1-2H3,(H,14,15). The minimum absolute atomic E-state index is 0.0177.